The number of carbonyl (C=O) groups is 2. The Hall–Kier alpha value is -3.49. The Bertz CT molecular complexity index is 1070. The third-order valence-corrected chi connectivity index (χ3v) is 5.15. The number of hydrogen-bond donors (Lipinski definition) is 1. The predicted octanol–water partition coefficient (Wildman–Crippen LogP) is 1.30. The van der Waals surface area contributed by atoms with Gasteiger partial charge in [-0.1, -0.05) is 12.1 Å². The van der Waals surface area contributed by atoms with Crippen LogP contribution in [0.1, 0.15) is 23.7 Å². The highest BCUT2D eigenvalue weighted by molar-refractivity contribution is 5.88. The third-order valence-electron chi connectivity index (χ3n) is 5.15. The summed E-state index contributed by atoms with van der Waals surface area (Å²) in [6, 6.07) is 7.36. The smallest absolute Gasteiger partial charge is 0.227 e. The molecular formula is C20H23N7O2. The van der Waals surface area contributed by atoms with Gasteiger partial charge in [0, 0.05) is 57.5 Å². The molecule has 0 saturated carbocycles. The first-order chi connectivity index (χ1) is 13.9. The van der Waals surface area contributed by atoms with Gasteiger partial charge in [-0.25, -0.2) is 0 Å². The van der Waals surface area contributed by atoms with Crippen molar-refractivity contribution in [2.75, 3.05) is 11.9 Å². The third kappa shape index (κ3) is 3.75. The number of nitrogens with one attached hydrogen (secondary N) is 1. The van der Waals surface area contributed by atoms with Crippen molar-refractivity contribution >= 4 is 17.5 Å². The average Bonchev–Trinajstić information content (AvgIpc) is 3.25. The molecular weight excluding hydrogens is 370 g/mol. The maximum Gasteiger partial charge on any atom is 0.227 e. The molecule has 0 radical (unpaired) electrons. The van der Waals surface area contributed by atoms with E-state index in [4.69, 9.17) is 0 Å². The Labute approximate surface area is 168 Å². The lowest BCUT2D eigenvalue weighted by atomic mass is 10.0. The van der Waals surface area contributed by atoms with Crippen LogP contribution in [0.25, 0.3) is 11.5 Å². The zero-order chi connectivity index (χ0) is 20.5. The summed E-state index contributed by atoms with van der Waals surface area (Å²) in [6.07, 6.45) is 2.71. The molecule has 29 heavy (non-hydrogen) atoms. The van der Waals surface area contributed by atoms with E-state index >= 15 is 0 Å². The molecule has 1 aliphatic heterocycles. The summed E-state index contributed by atoms with van der Waals surface area (Å²) in [7, 11) is 3.81. The van der Waals surface area contributed by atoms with Crippen molar-refractivity contribution in [2.24, 2.45) is 14.1 Å². The van der Waals surface area contributed by atoms with Crippen LogP contribution in [-0.2, 0) is 43.1 Å². The van der Waals surface area contributed by atoms with Crippen LogP contribution in [0, 0.1) is 0 Å². The maximum atomic E-state index is 12.9. The molecule has 0 fully saturated rings. The molecule has 2 aromatic heterocycles. The second kappa shape index (κ2) is 7.50. The van der Waals surface area contributed by atoms with Gasteiger partial charge in [0.05, 0.1) is 6.42 Å². The minimum Gasteiger partial charge on any atom is -0.338 e. The highest BCUT2D eigenvalue weighted by Gasteiger charge is 2.28. The first-order valence-electron chi connectivity index (χ1n) is 9.46. The molecule has 3 aromatic rings. The molecule has 3 heterocycles. The summed E-state index contributed by atoms with van der Waals surface area (Å²) >= 11 is 0. The topological polar surface area (TPSA) is 97.9 Å². The zero-order valence-corrected chi connectivity index (χ0v) is 16.7. The van der Waals surface area contributed by atoms with Crippen LogP contribution in [0.3, 0.4) is 0 Å². The van der Waals surface area contributed by atoms with Crippen molar-refractivity contribution < 1.29 is 9.59 Å². The van der Waals surface area contributed by atoms with Gasteiger partial charge in [0.15, 0.2) is 5.82 Å². The number of aryl methyl sites for hydroxylation is 2. The summed E-state index contributed by atoms with van der Waals surface area (Å²) in [5.74, 6) is 0.647. The van der Waals surface area contributed by atoms with Gasteiger partial charge < -0.3 is 14.8 Å². The van der Waals surface area contributed by atoms with E-state index in [0.717, 1.165) is 34.6 Å². The Balaban J connectivity index is 1.50. The molecule has 0 bridgehead atoms. The molecule has 0 saturated heterocycles. The van der Waals surface area contributed by atoms with Crippen molar-refractivity contribution in [2.45, 2.75) is 26.3 Å². The summed E-state index contributed by atoms with van der Waals surface area (Å²) < 4.78 is 3.71. The standard InChI is InChI=1S/C20H23N7O2/c1-13(28)22-15-6-4-14(5-7-15)10-18(29)27-9-8-17-16(11-27)19(24-26(17)3)20-23-21-12-25(20)2/h4-7,12H,8-11H2,1-3H3,(H,22,28). The number of fused-ring (bicyclic) bond motifs is 1. The van der Waals surface area contributed by atoms with Crippen LogP contribution >= 0.6 is 0 Å². The highest BCUT2D eigenvalue weighted by atomic mass is 16.2. The van der Waals surface area contributed by atoms with E-state index in [1.165, 1.54) is 6.92 Å². The van der Waals surface area contributed by atoms with Crippen LogP contribution in [0.2, 0.25) is 0 Å². The van der Waals surface area contributed by atoms with Crippen molar-refractivity contribution in [3.8, 4) is 11.5 Å². The first kappa shape index (κ1) is 18.9. The lowest BCUT2D eigenvalue weighted by Crippen LogP contribution is -2.37. The van der Waals surface area contributed by atoms with Crippen LogP contribution in [0.4, 0.5) is 5.69 Å². The highest BCUT2D eigenvalue weighted by Crippen LogP contribution is 2.28. The van der Waals surface area contributed by atoms with Crippen molar-refractivity contribution in [1.29, 1.82) is 0 Å². The summed E-state index contributed by atoms with van der Waals surface area (Å²) in [5, 5.41) is 15.5. The van der Waals surface area contributed by atoms with E-state index in [0.29, 0.717) is 25.3 Å². The second-order valence-electron chi connectivity index (χ2n) is 7.28. The molecule has 9 heteroatoms. The van der Waals surface area contributed by atoms with E-state index < -0.39 is 0 Å². The lowest BCUT2D eigenvalue weighted by molar-refractivity contribution is -0.131. The molecule has 150 valence electrons. The Morgan fingerprint density at radius 1 is 1.17 bits per heavy atom. The van der Waals surface area contributed by atoms with Gasteiger partial charge in [0.2, 0.25) is 11.8 Å². The van der Waals surface area contributed by atoms with Crippen molar-refractivity contribution in [3.63, 3.8) is 0 Å². The van der Waals surface area contributed by atoms with Gasteiger partial charge in [-0.15, -0.1) is 10.2 Å². The number of nitrogens with zero attached hydrogens (tertiary/aromatic N) is 6. The molecule has 0 aliphatic carbocycles. The largest absolute Gasteiger partial charge is 0.338 e. The number of anilines is 1. The van der Waals surface area contributed by atoms with Gasteiger partial charge in [-0.05, 0) is 17.7 Å². The minimum atomic E-state index is -0.117. The minimum absolute atomic E-state index is 0.0655. The molecule has 0 spiro atoms. The molecule has 1 N–H and O–H groups in total. The summed E-state index contributed by atoms with van der Waals surface area (Å²) in [5.41, 5.74) is 4.57. The zero-order valence-electron chi connectivity index (χ0n) is 16.7. The van der Waals surface area contributed by atoms with E-state index in [1.54, 1.807) is 6.33 Å². The first-order valence-corrected chi connectivity index (χ1v) is 9.46. The predicted molar refractivity (Wildman–Crippen MR) is 107 cm³/mol. The molecule has 1 aromatic carbocycles. The fourth-order valence-corrected chi connectivity index (χ4v) is 3.68. The Morgan fingerprint density at radius 3 is 2.59 bits per heavy atom. The molecule has 2 amide bonds. The Morgan fingerprint density at radius 2 is 1.93 bits per heavy atom. The van der Waals surface area contributed by atoms with Gasteiger partial charge >= 0.3 is 0 Å². The van der Waals surface area contributed by atoms with E-state index in [-0.39, 0.29) is 11.8 Å². The van der Waals surface area contributed by atoms with E-state index in [1.807, 2.05) is 52.5 Å². The van der Waals surface area contributed by atoms with Gasteiger partial charge in [0.25, 0.3) is 0 Å². The molecule has 0 atom stereocenters. The fourth-order valence-electron chi connectivity index (χ4n) is 3.68. The summed E-state index contributed by atoms with van der Waals surface area (Å²) in [6.45, 7) is 2.64. The lowest BCUT2D eigenvalue weighted by Gasteiger charge is -2.27. The average molecular weight is 393 g/mol. The van der Waals surface area contributed by atoms with Crippen LogP contribution in [-0.4, -0.2) is 47.8 Å². The SMILES string of the molecule is CC(=O)Nc1ccc(CC(=O)N2CCc3c(c(-c4nncn4C)nn3C)C2)cc1. The quantitative estimate of drug-likeness (QED) is 0.721. The van der Waals surface area contributed by atoms with Crippen LogP contribution < -0.4 is 5.32 Å². The van der Waals surface area contributed by atoms with E-state index in [9.17, 15) is 9.59 Å². The number of aromatic nitrogens is 5. The number of rotatable bonds is 4. The van der Waals surface area contributed by atoms with Crippen molar-refractivity contribution in [1.82, 2.24) is 29.4 Å². The molecule has 1 aliphatic rings. The number of hydrogen-bond acceptors (Lipinski definition) is 5. The number of carbonyl (C=O) groups excluding carboxylic acids is 2. The van der Waals surface area contributed by atoms with E-state index in [2.05, 4.69) is 20.6 Å². The van der Waals surface area contributed by atoms with Gasteiger partial charge in [0.1, 0.15) is 12.0 Å². The number of amides is 2. The van der Waals surface area contributed by atoms with Crippen molar-refractivity contribution in [3.05, 3.63) is 47.4 Å². The number of benzene rings is 1. The monoisotopic (exact) mass is 393 g/mol. The second-order valence-corrected chi connectivity index (χ2v) is 7.28. The van der Waals surface area contributed by atoms with Gasteiger partial charge in [-0.2, -0.15) is 5.10 Å². The Kier molecular flexibility index (Phi) is 4.87. The van der Waals surface area contributed by atoms with Gasteiger partial charge in [-0.3, -0.25) is 14.3 Å². The maximum absolute atomic E-state index is 12.9. The molecule has 4 rings (SSSR count). The van der Waals surface area contributed by atoms with Crippen LogP contribution in [0.5, 0.6) is 0 Å². The molecule has 9 nitrogen and oxygen atoms in total. The summed E-state index contributed by atoms with van der Waals surface area (Å²) in [4.78, 5) is 25.9. The normalized spacial score (nSPS) is 13.3. The fraction of sp³-hybridized carbons (Fsp3) is 0.350. The molecule has 0 unspecified atom stereocenters. The van der Waals surface area contributed by atoms with Crippen LogP contribution in [0.15, 0.2) is 30.6 Å².